The Labute approximate surface area is 185 Å². The smallest absolute Gasteiger partial charge is 0.326 e. The Bertz CT molecular complexity index is 1100. The molecule has 16 heteroatoms. The van der Waals surface area contributed by atoms with Crippen molar-refractivity contribution in [2.24, 2.45) is 16.6 Å². The van der Waals surface area contributed by atoms with Gasteiger partial charge in [0.2, 0.25) is 17.8 Å². The molecule has 0 saturated carbocycles. The highest BCUT2D eigenvalue weighted by Gasteiger charge is 2.30. The third-order valence-electron chi connectivity index (χ3n) is 4.47. The number of anilines is 1. The maximum atomic E-state index is 12.4. The summed E-state index contributed by atoms with van der Waals surface area (Å²) in [6.45, 7) is 0. The lowest BCUT2D eigenvalue weighted by Gasteiger charge is -2.19. The minimum atomic E-state index is -1.24. The Morgan fingerprint density at radius 2 is 2.09 bits per heavy atom. The highest BCUT2D eigenvalue weighted by molar-refractivity contribution is 6.17. The van der Waals surface area contributed by atoms with Gasteiger partial charge in [-0.15, -0.1) is 10.2 Å². The van der Waals surface area contributed by atoms with E-state index in [2.05, 4.69) is 46.6 Å². The number of tetrazole rings is 1. The summed E-state index contributed by atoms with van der Waals surface area (Å²) in [6.07, 6.45) is 1.12. The van der Waals surface area contributed by atoms with Crippen LogP contribution in [0.1, 0.15) is 29.2 Å². The van der Waals surface area contributed by atoms with Crippen LogP contribution in [0, 0.1) is 11.3 Å². The second-order valence-corrected chi connectivity index (χ2v) is 6.84. The molecule has 0 spiro atoms. The second-order valence-electron chi connectivity index (χ2n) is 6.84. The molecule has 3 rings (SSSR count). The van der Waals surface area contributed by atoms with Gasteiger partial charge in [-0.1, -0.05) is 5.21 Å². The molecule has 16 nitrogen and oxygen atoms in total. The topological polar surface area (TPSA) is 254 Å². The number of rotatable bonds is 9. The summed E-state index contributed by atoms with van der Waals surface area (Å²) >= 11 is 0. The van der Waals surface area contributed by atoms with Crippen molar-refractivity contribution in [2.75, 3.05) is 5.32 Å². The highest BCUT2D eigenvalue weighted by atomic mass is 16.4. The minimum absolute atomic E-state index is 0.0371. The van der Waals surface area contributed by atoms with E-state index in [0.717, 1.165) is 0 Å². The van der Waals surface area contributed by atoms with Crippen molar-refractivity contribution >= 4 is 41.2 Å². The number of hydrogen-bond acceptors (Lipinski definition) is 10. The predicted molar refractivity (Wildman–Crippen MR) is 110 cm³/mol. The number of H-pyrrole nitrogens is 1. The fourth-order valence-corrected chi connectivity index (χ4v) is 2.82. The van der Waals surface area contributed by atoms with Crippen molar-refractivity contribution in [3.05, 3.63) is 29.8 Å². The van der Waals surface area contributed by atoms with Gasteiger partial charge in [-0.3, -0.25) is 25.1 Å². The molecular weight excluding hydrogens is 438 g/mol. The molecule has 0 bridgehead atoms. The van der Waals surface area contributed by atoms with Gasteiger partial charge in [0.05, 0.1) is 11.9 Å². The van der Waals surface area contributed by atoms with E-state index in [-0.39, 0.29) is 36.5 Å². The van der Waals surface area contributed by atoms with E-state index in [0.29, 0.717) is 5.82 Å². The van der Waals surface area contributed by atoms with Crippen molar-refractivity contribution in [3.63, 3.8) is 0 Å². The van der Waals surface area contributed by atoms with Crippen molar-refractivity contribution in [2.45, 2.75) is 25.3 Å². The van der Waals surface area contributed by atoms with Crippen LogP contribution in [-0.4, -0.2) is 72.2 Å². The van der Waals surface area contributed by atoms with Gasteiger partial charge < -0.3 is 21.5 Å². The van der Waals surface area contributed by atoms with E-state index in [1.165, 1.54) is 18.3 Å². The largest absolute Gasteiger partial charge is 0.480 e. The maximum Gasteiger partial charge on any atom is 0.326 e. The van der Waals surface area contributed by atoms with Gasteiger partial charge in [0.15, 0.2) is 5.82 Å². The molecule has 3 heterocycles. The van der Waals surface area contributed by atoms with Crippen LogP contribution in [0.2, 0.25) is 0 Å². The van der Waals surface area contributed by atoms with E-state index >= 15 is 0 Å². The molecule has 0 saturated heterocycles. The molecule has 1 unspecified atom stereocenters. The number of hydrogen-bond donors (Lipinski definition) is 7. The Hall–Kier alpha value is -4.76. The number of nitrogens with one attached hydrogen (secondary N) is 5. The maximum absolute atomic E-state index is 12.4. The quantitative estimate of drug-likeness (QED) is 0.213. The standard InChI is InChI=1S/C17H19N11O5/c18-13-8(14(30)24-17(19)23-13)5-12(29)21-7-1-2-9(20-6-7)15(31)22-10(16(32)33)3-4-11-25-27-28-26-11/h1-2,6,8,10H,3-5H2,(H,21,29)(H,22,31)(H,32,33)(H,25,26,27,28)(H4,18,19,23,24,30)/t8?,10-/m0/s1. The van der Waals surface area contributed by atoms with E-state index < -0.39 is 41.6 Å². The van der Waals surface area contributed by atoms with Crippen LogP contribution >= 0.6 is 0 Å². The summed E-state index contributed by atoms with van der Waals surface area (Å²) in [5, 5.41) is 36.7. The first-order valence-corrected chi connectivity index (χ1v) is 9.48. The van der Waals surface area contributed by atoms with Gasteiger partial charge >= 0.3 is 5.97 Å². The van der Waals surface area contributed by atoms with E-state index in [9.17, 15) is 24.3 Å². The second kappa shape index (κ2) is 10.0. The van der Waals surface area contributed by atoms with Gasteiger partial charge in [-0.25, -0.2) is 9.78 Å². The molecule has 0 radical (unpaired) electrons. The van der Waals surface area contributed by atoms with Gasteiger partial charge in [-0.2, -0.15) is 10.2 Å². The first kappa shape index (κ1) is 22.9. The van der Waals surface area contributed by atoms with Crippen molar-refractivity contribution in [1.82, 2.24) is 36.2 Å². The first-order chi connectivity index (χ1) is 15.7. The van der Waals surface area contributed by atoms with Crippen LogP contribution in [0.25, 0.3) is 0 Å². The molecule has 0 aromatic carbocycles. The number of guanidine groups is 1. The Balaban J connectivity index is 1.55. The van der Waals surface area contributed by atoms with Gasteiger partial charge in [-0.05, 0) is 18.6 Å². The average Bonchev–Trinajstić information content (AvgIpc) is 3.27. The molecule has 1 aliphatic heterocycles. The molecule has 2 atom stereocenters. The van der Waals surface area contributed by atoms with Gasteiger partial charge in [0.25, 0.3) is 5.91 Å². The lowest BCUT2D eigenvalue weighted by molar-refractivity contribution is -0.139. The number of aliphatic carboxylic acids is 1. The number of carbonyl (C=O) groups is 4. The van der Waals surface area contributed by atoms with E-state index in [1.54, 1.807) is 0 Å². The summed E-state index contributed by atoms with van der Waals surface area (Å²) < 4.78 is 0. The Kier molecular flexibility index (Phi) is 6.97. The third-order valence-corrected chi connectivity index (χ3v) is 4.47. The molecule has 2 aromatic rings. The molecule has 3 amide bonds. The molecule has 8 N–H and O–H groups in total. The lowest BCUT2D eigenvalue weighted by atomic mass is 10.0. The molecule has 0 fully saturated rings. The van der Waals surface area contributed by atoms with Crippen LogP contribution in [-0.2, 0) is 20.8 Å². The number of amidine groups is 1. The van der Waals surface area contributed by atoms with Crippen molar-refractivity contribution in [3.8, 4) is 0 Å². The number of aliphatic imine (C=N–C) groups is 1. The number of carboxylic acids is 1. The number of carboxylic acid groups (broad SMARTS) is 1. The fourth-order valence-electron chi connectivity index (χ4n) is 2.82. The lowest BCUT2D eigenvalue weighted by Crippen LogP contribution is -2.47. The zero-order chi connectivity index (χ0) is 24.0. The molecule has 2 aromatic heterocycles. The number of aryl methyl sites for hydroxylation is 1. The third kappa shape index (κ3) is 6.12. The number of aromatic amines is 1. The first-order valence-electron chi connectivity index (χ1n) is 9.48. The zero-order valence-corrected chi connectivity index (χ0v) is 16.9. The van der Waals surface area contributed by atoms with Crippen LogP contribution in [0.15, 0.2) is 23.3 Å². The summed E-state index contributed by atoms with van der Waals surface area (Å²) in [7, 11) is 0. The number of nitrogens with two attached hydrogens (primary N) is 1. The monoisotopic (exact) mass is 457 g/mol. The SMILES string of the molecule is N=C1N=C(N)C(CC(=O)Nc2ccc(C(=O)N[C@@H](CCc3nn[nH]n3)C(=O)O)nc2)C(=O)N1. The number of carbonyl (C=O) groups excluding carboxylic acids is 3. The molecule has 172 valence electrons. The van der Waals surface area contributed by atoms with E-state index in [1.807, 2.05) is 0 Å². The number of amides is 3. The van der Waals surface area contributed by atoms with Crippen LogP contribution in [0.5, 0.6) is 0 Å². The number of aromatic nitrogens is 5. The summed E-state index contributed by atoms with van der Waals surface area (Å²) in [5.74, 6) is -4.38. The molecule has 1 aliphatic rings. The van der Waals surface area contributed by atoms with Crippen LogP contribution in [0.3, 0.4) is 0 Å². The van der Waals surface area contributed by atoms with Crippen LogP contribution < -0.4 is 21.7 Å². The summed E-state index contributed by atoms with van der Waals surface area (Å²) in [6, 6.07) is 1.49. The van der Waals surface area contributed by atoms with Crippen molar-refractivity contribution in [1.29, 1.82) is 5.41 Å². The zero-order valence-electron chi connectivity index (χ0n) is 16.9. The molecule has 33 heavy (non-hydrogen) atoms. The van der Waals surface area contributed by atoms with Crippen molar-refractivity contribution < 1.29 is 24.3 Å². The van der Waals surface area contributed by atoms with E-state index in [4.69, 9.17) is 11.1 Å². The predicted octanol–water partition coefficient (Wildman–Crippen LogP) is -2.22. The number of pyridine rings is 1. The normalized spacial score (nSPS) is 16.4. The average molecular weight is 457 g/mol. The van der Waals surface area contributed by atoms with Gasteiger partial charge in [0.1, 0.15) is 23.5 Å². The summed E-state index contributed by atoms with van der Waals surface area (Å²) in [5.41, 5.74) is 5.79. The summed E-state index contributed by atoms with van der Waals surface area (Å²) in [4.78, 5) is 55.4. The molecular formula is C17H19N11O5. The minimum Gasteiger partial charge on any atom is -0.480 e. The molecule has 0 aliphatic carbocycles. The van der Waals surface area contributed by atoms with Crippen LogP contribution in [0.4, 0.5) is 5.69 Å². The Morgan fingerprint density at radius 3 is 2.70 bits per heavy atom. The fraction of sp³-hybridized carbons (Fsp3) is 0.294. The highest BCUT2D eigenvalue weighted by Crippen LogP contribution is 2.12. The van der Waals surface area contributed by atoms with Gasteiger partial charge in [0, 0.05) is 12.8 Å². The Morgan fingerprint density at radius 1 is 1.30 bits per heavy atom. The number of nitrogens with zero attached hydrogens (tertiary/aromatic N) is 5.